The second kappa shape index (κ2) is 11.6. The van der Waals surface area contributed by atoms with Crippen LogP contribution < -0.4 is 10.6 Å². The van der Waals surface area contributed by atoms with Crippen molar-refractivity contribution in [1.82, 2.24) is 15.2 Å². The van der Waals surface area contributed by atoms with E-state index in [-0.39, 0.29) is 24.4 Å². The molecule has 0 saturated carbocycles. The smallest absolute Gasteiger partial charge is 0.226 e. The van der Waals surface area contributed by atoms with E-state index < -0.39 is 0 Å². The molecule has 5 rings (SSSR count). The highest BCUT2D eigenvalue weighted by molar-refractivity contribution is 7.80. The van der Waals surface area contributed by atoms with Crippen LogP contribution in [0.15, 0.2) is 83.4 Å². The molecular weight excluding hydrogens is 539 g/mol. The Morgan fingerprint density at radius 3 is 2.68 bits per heavy atom. The second-order valence-corrected chi connectivity index (χ2v) is 10.2. The fourth-order valence-corrected chi connectivity index (χ4v) is 5.52. The van der Waals surface area contributed by atoms with Gasteiger partial charge in [-0.05, 0) is 72.7 Å². The van der Waals surface area contributed by atoms with Crippen molar-refractivity contribution in [1.29, 1.82) is 0 Å². The minimum Gasteiger partial charge on any atom is -0.459 e. The molecular formula is C29H26Cl2N4O2S. The number of thiocarbonyl (C=S) groups is 1. The van der Waals surface area contributed by atoms with Crippen molar-refractivity contribution in [3.8, 4) is 11.3 Å². The number of pyridine rings is 1. The van der Waals surface area contributed by atoms with Crippen LogP contribution in [0.3, 0.4) is 0 Å². The molecule has 1 saturated heterocycles. The van der Waals surface area contributed by atoms with Gasteiger partial charge in [0.2, 0.25) is 5.91 Å². The van der Waals surface area contributed by atoms with Gasteiger partial charge in [0.25, 0.3) is 0 Å². The average Bonchev–Trinajstić information content (AvgIpc) is 3.52. The summed E-state index contributed by atoms with van der Waals surface area (Å²) in [6.45, 7) is 2.47. The van der Waals surface area contributed by atoms with Crippen LogP contribution in [-0.2, 0) is 11.2 Å². The molecule has 2 atom stereocenters. The minimum atomic E-state index is -0.312. The Hall–Kier alpha value is -3.39. The fraction of sp³-hybridized carbons (Fsp3) is 0.207. The Balaban J connectivity index is 1.41. The van der Waals surface area contributed by atoms with E-state index in [1.807, 2.05) is 65.6 Å². The van der Waals surface area contributed by atoms with Crippen LogP contribution in [0.4, 0.5) is 5.69 Å². The number of para-hydroxylation sites is 1. The number of halogens is 2. The summed E-state index contributed by atoms with van der Waals surface area (Å²) < 4.78 is 6.34. The van der Waals surface area contributed by atoms with E-state index in [2.05, 4.69) is 22.5 Å². The number of carbonyl (C=O) groups excluding carboxylic acids is 1. The van der Waals surface area contributed by atoms with E-state index in [1.165, 1.54) is 0 Å². The molecule has 2 unspecified atom stereocenters. The SMILES string of the molecule is CCc1ccccc1NC(=O)CCN1C(=S)NC(c2ccccn2)C1c1ccc(-c2ccc(Cl)cc2Cl)o1. The number of benzene rings is 2. The van der Waals surface area contributed by atoms with Crippen molar-refractivity contribution < 1.29 is 9.21 Å². The molecule has 1 aliphatic rings. The zero-order valence-corrected chi connectivity index (χ0v) is 23.0. The number of aryl methyl sites for hydroxylation is 1. The number of anilines is 1. The molecule has 0 spiro atoms. The Bertz CT molecular complexity index is 1460. The van der Waals surface area contributed by atoms with Gasteiger partial charge >= 0.3 is 0 Å². The number of rotatable bonds is 8. The summed E-state index contributed by atoms with van der Waals surface area (Å²) in [5.41, 5.74) is 3.49. The lowest BCUT2D eigenvalue weighted by molar-refractivity contribution is -0.116. The normalized spacial score (nSPS) is 16.9. The number of hydrogen-bond acceptors (Lipinski definition) is 4. The highest BCUT2D eigenvalue weighted by Crippen LogP contribution is 2.41. The van der Waals surface area contributed by atoms with Crippen molar-refractivity contribution >= 4 is 52.1 Å². The molecule has 38 heavy (non-hydrogen) atoms. The van der Waals surface area contributed by atoms with Gasteiger partial charge in [-0.15, -0.1) is 0 Å². The largest absolute Gasteiger partial charge is 0.459 e. The fourth-order valence-electron chi connectivity index (χ4n) is 4.69. The quantitative estimate of drug-likeness (QED) is 0.220. The van der Waals surface area contributed by atoms with Gasteiger partial charge in [0.15, 0.2) is 5.11 Å². The van der Waals surface area contributed by atoms with Gasteiger partial charge in [0.1, 0.15) is 17.6 Å². The van der Waals surface area contributed by atoms with Crippen molar-refractivity contribution in [2.45, 2.75) is 31.8 Å². The molecule has 0 bridgehead atoms. The number of amides is 1. The molecule has 1 aliphatic heterocycles. The van der Waals surface area contributed by atoms with Crippen LogP contribution in [0, 0.1) is 0 Å². The van der Waals surface area contributed by atoms with Crippen molar-refractivity contribution in [2.24, 2.45) is 0 Å². The molecule has 9 heteroatoms. The molecule has 2 N–H and O–H groups in total. The van der Waals surface area contributed by atoms with E-state index >= 15 is 0 Å². The minimum absolute atomic E-state index is 0.0817. The van der Waals surface area contributed by atoms with Gasteiger partial charge in [0, 0.05) is 35.4 Å². The van der Waals surface area contributed by atoms with E-state index in [4.69, 9.17) is 39.8 Å². The molecule has 4 aromatic rings. The van der Waals surface area contributed by atoms with E-state index in [0.717, 1.165) is 28.9 Å². The predicted molar refractivity (Wildman–Crippen MR) is 155 cm³/mol. The summed E-state index contributed by atoms with van der Waals surface area (Å²) in [5.74, 6) is 1.22. The van der Waals surface area contributed by atoms with Crippen molar-refractivity contribution in [2.75, 3.05) is 11.9 Å². The number of nitrogens with one attached hydrogen (secondary N) is 2. The second-order valence-electron chi connectivity index (χ2n) is 8.96. The first-order chi connectivity index (χ1) is 18.4. The number of nitrogens with zero attached hydrogens (tertiary/aromatic N) is 2. The molecule has 2 aromatic heterocycles. The third-order valence-corrected chi connectivity index (χ3v) is 7.46. The van der Waals surface area contributed by atoms with Gasteiger partial charge in [-0.2, -0.15) is 0 Å². The lowest BCUT2D eigenvalue weighted by Gasteiger charge is -2.26. The van der Waals surface area contributed by atoms with Gasteiger partial charge < -0.3 is 20.0 Å². The number of carbonyl (C=O) groups is 1. The molecule has 6 nitrogen and oxygen atoms in total. The predicted octanol–water partition coefficient (Wildman–Crippen LogP) is 7.21. The molecule has 0 aliphatic carbocycles. The highest BCUT2D eigenvalue weighted by atomic mass is 35.5. The maximum atomic E-state index is 12.9. The maximum Gasteiger partial charge on any atom is 0.226 e. The first-order valence-electron chi connectivity index (χ1n) is 12.4. The molecule has 1 amide bonds. The summed E-state index contributed by atoms with van der Waals surface area (Å²) in [4.78, 5) is 19.5. The van der Waals surface area contributed by atoms with Crippen molar-refractivity contribution in [3.05, 3.63) is 106 Å². The Labute approximate surface area is 237 Å². The van der Waals surface area contributed by atoms with Gasteiger partial charge in [-0.3, -0.25) is 9.78 Å². The lowest BCUT2D eigenvalue weighted by Crippen LogP contribution is -2.32. The van der Waals surface area contributed by atoms with Gasteiger partial charge in [-0.1, -0.05) is 54.4 Å². The van der Waals surface area contributed by atoms with Crippen molar-refractivity contribution in [3.63, 3.8) is 0 Å². The third-order valence-electron chi connectivity index (χ3n) is 6.56. The Morgan fingerprint density at radius 1 is 1.11 bits per heavy atom. The number of hydrogen-bond donors (Lipinski definition) is 2. The summed E-state index contributed by atoms with van der Waals surface area (Å²) in [7, 11) is 0. The van der Waals surface area contributed by atoms with E-state index in [1.54, 1.807) is 18.3 Å². The zero-order valence-electron chi connectivity index (χ0n) is 20.7. The molecule has 0 radical (unpaired) electrons. The molecule has 194 valence electrons. The summed E-state index contributed by atoms with van der Waals surface area (Å²) >= 11 is 18.2. The first kappa shape index (κ1) is 26.2. The van der Waals surface area contributed by atoms with Gasteiger partial charge in [0.05, 0.1) is 16.8 Å². The Morgan fingerprint density at radius 2 is 1.92 bits per heavy atom. The summed E-state index contributed by atoms with van der Waals surface area (Å²) in [5, 5.41) is 8.02. The lowest BCUT2D eigenvalue weighted by atomic mass is 10.0. The van der Waals surface area contributed by atoms with E-state index in [0.29, 0.717) is 33.2 Å². The van der Waals surface area contributed by atoms with Crippen LogP contribution in [0.2, 0.25) is 10.0 Å². The number of aromatic nitrogens is 1. The zero-order chi connectivity index (χ0) is 26.6. The Kier molecular flexibility index (Phi) is 7.98. The summed E-state index contributed by atoms with van der Waals surface area (Å²) in [6.07, 6.45) is 2.84. The molecule has 3 heterocycles. The average molecular weight is 566 g/mol. The summed E-state index contributed by atoms with van der Waals surface area (Å²) in [6, 6.07) is 22.1. The first-order valence-corrected chi connectivity index (χ1v) is 13.5. The van der Waals surface area contributed by atoms with Crippen LogP contribution in [-0.4, -0.2) is 27.4 Å². The molecule has 2 aromatic carbocycles. The van der Waals surface area contributed by atoms with Crippen LogP contribution >= 0.6 is 35.4 Å². The maximum absolute atomic E-state index is 12.9. The van der Waals surface area contributed by atoms with E-state index in [9.17, 15) is 4.79 Å². The monoisotopic (exact) mass is 564 g/mol. The van der Waals surface area contributed by atoms with Crippen LogP contribution in [0.5, 0.6) is 0 Å². The standard InChI is InChI=1S/C29H26Cl2N4O2S/c1-2-18-7-3-4-8-22(18)33-26(36)14-16-35-28(27(34-29(35)38)23-9-5-6-15-32-23)25-13-12-24(37-25)20-11-10-19(30)17-21(20)31/h3-13,15,17,27-28H,2,14,16H2,1H3,(H,33,36)(H,34,38). The third kappa shape index (κ3) is 5.55. The topological polar surface area (TPSA) is 70.4 Å². The number of furan rings is 1. The highest BCUT2D eigenvalue weighted by Gasteiger charge is 2.41. The van der Waals surface area contributed by atoms with Crippen LogP contribution in [0.1, 0.15) is 42.4 Å². The van der Waals surface area contributed by atoms with Crippen LogP contribution in [0.25, 0.3) is 11.3 Å². The van der Waals surface area contributed by atoms with Gasteiger partial charge in [-0.25, -0.2) is 0 Å². The molecule has 1 fully saturated rings.